The van der Waals surface area contributed by atoms with Gasteiger partial charge in [0, 0.05) is 0 Å². The highest BCUT2D eigenvalue weighted by Crippen LogP contribution is 2.50. The summed E-state index contributed by atoms with van der Waals surface area (Å²) < 4.78 is 27.1. The Morgan fingerprint density at radius 1 is 0.714 bits per heavy atom. The number of alkyl halides is 1. The first-order valence-electron chi connectivity index (χ1n) is 9.58. The quantitative estimate of drug-likeness (QED) is 0.242. The van der Waals surface area contributed by atoms with Crippen molar-refractivity contribution in [3.8, 4) is 0 Å². The van der Waals surface area contributed by atoms with E-state index in [0.717, 1.165) is 22.5 Å². The van der Waals surface area contributed by atoms with E-state index in [-0.39, 0.29) is 14.4 Å². The van der Waals surface area contributed by atoms with Crippen molar-refractivity contribution >= 4 is 43.8 Å². The Morgan fingerprint density at radius 3 is 1.36 bits per heavy atom. The van der Waals surface area contributed by atoms with E-state index in [1.54, 1.807) is 0 Å². The molecule has 0 unspecified atom stereocenters. The van der Waals surface area contributed by atoms with Gasteiger partial charge in [-0.05, 0) is 60.1 Å². The summed E-state index contributed by atoms with van der Waals surface area (Å²) >= 11 is 2.38. The van der Waals surface area contributed by atoms with Crippen LogP contribution in [0.1, 0.15) is 66.5 Å². The van der Waals surface area contributed by atoms with Crippen molar-refractivity contribution in [2.45, 2.75) is 79.6 Å². The molecule has 0 radical (unpaired) electrons. The van der Waals surface area contributed by atoms with Gasteiger partial charge in [0.2, 0.25) is 9.84 Å². The largest absolute Gasteiger partial charge is 0.325 e. The number of halogens is 1. The third kappa shape index (κ3) is 3.60. The van der Waals surface area contributed by atoms with Gasteiger partial charge in [0.05, 0.1) is 24.7 Å². The molecule has 0 amide bonds. The van der Waals surface area contributed by atoms with Crippen LogP contribution in [-0.2, 0) is 20.7 Å². The van der Waals surface area contributed by atoms with Crippen molar-refractivity contribution < 1.29 is 8.42 Å². The molecule has 0 bridgehead atoms. The third-order valence-corrected chi connectivity index (χ3v) is 7.54. The maximum atomic E-state index is 13.7. The molecular formula is C23H30INO2S. The number of hydrogen-bond donors (Lipinski definition) is 0. The maximum absolute atomic E-state index is 13.7. The van der Waals surface area contributed by atoms with Gasteiger partial charge in [-0.25, -0.2) is 8.42 Å². The lowest BCUT2D eigenvalue weighted by Gasteiger charge is -2.41. The molecule has 1 aliphatic heterocycles. The van der Waals surface area contributed by atoms with Gasteiger partial charge in [0.15, 0.2) is 0 Å². The fraction of sp³-hybridized carbons (Fsp3) is 0.478. The first kappa shape index (κ1) is 21.6. The van der Waals surface area contributed by atoms with Crippen LogP contribution in [0, 0.1) is 0 Å². The highest BCUT2D eigenvalue weighted by atomic mass is 127. The maximum Gasteiger partial charge on any atom is 0.210 e. The van der Waals surface area contributed by atoms with Crippen molar-refractivity contribution in [2.24, 2.45) is 0 Å². The van der Waals surface area contributed by atoms with Gasteiger partial charge >= 0.3 is 0 Å². The molecule has 0 saturated heterocycles. The fourth-order valence-corrected chi connectivity index (χ4v) is 5.77. The van der Waals surface area contributed by atoms with Gasteiger partial charge in [0.25, 0.3) is 0 Å². The average Bonchev–Trinajstić information content (AvgIpc) is 2.51. The first-order chi connectivity index (χ1) is 12.5. The number of fused-ring (bicyclic) bond motifs is 2. The molecule has 2 aromatic carbocycles. The molecule has 1 heterocycles. The number of benzene rings is 2. The van der Waals surface area contributed by atoms with Crippen LogP contribution in [0.2, 0.25) is 0 Å². The summed E-state index contributed by atoms with van der Waals surface area (Å²) in [6.07, 6.45) is 0. The molecule has 5 heteroatoms. The van der Waals surface area contributed by atoms with E-state index in [9.17, 15) is 8.42 Å². The molecule has 1 aliphatic rings. The Bertz CT molecular complexity index is 964. The number of sulfone groups is 1. The fourth-order valence-electron chi connectivity index (χ4n) is 3.58. The van der Waals surface area contributed by atoms with E-state index in [0.29, 0.717) is 9.79 Å². The molecular weight excluding hydrogens is 481 g/mol. The summed E-state index contributed by atoms with van der Waals surface area (Å²) in [7, 11) is -3.61. The minimum Gasteiger partial charge on any atom is -0.325 e. The van der Waals surface area contributed by atoms with Gasteiger partial charge < -0.3 is 4.90 Å². The number of anilines is 2. The second-order valence-electron chi connectivity index (χ2n) is 10.1. The predicted octanol–water partition coefficient (Wildman–Crippen LogP) is 6.74. The molecule has 0 fully saturated rings. The number of hydrogen-bond acceptors (Lipinski definition) is 3. The van der Waals surface area contributed by atoms with Crippen molar-refractivity contribution in [3.63, 3.8) is 0 Å². The van der Waals surface area contributed by atoms with Crippen LogP contribution < -0.4 is 4.90 Å². The molecule has 0 aromatic heterocycles. The molecule has 3 rings (SSSR count). The predicted molar refractivity (Wildman–Crippen MR) is 126 cm³/mol. The molecule has 152 valence electrons. The van der Waals surface area contributed by atoms with Crippen LogP contribution >= 0.6 is 22.6 Å². The summed E-state index contributed by atoms with van der Waals surface area (Å²) in [4.78, 5) is 2.96. The van der Waals surface area contributed by atoms with Gasteiger partial charge in [-0.3, -0.25) is 0 Å². The molecule has 28 heavy (non-hydrogen) atoms. The second kappa shape index (κ2) is 6.46. The lowest BCUT2D eigenvalue weighted by Crippen LogP contribution is -2.39. The van der Waals surface area contributed by atoms with Crippen molar-refractivity contribution in [1.29, 1.82) is 0 Å². The molecule has 2 aromatic rings. The summed E-state index contributed by atoms with van der Waals surface area (Å²) in [5.41, 5.74) is 3.31. The zero-order valence-corrected chi connectivity index (χ0v) is 21.0. The van der Waals surface area contributed by atoms with Gasteiger partial charge in [-0.1, -0.05) is 76.3 Å². The standard InChI is InChI=1S/C23H30INO2S/c1-21(2,3)15-9-11-17-19(13-15)28(26,27)20-14-16(22(4,5)6)10-12-18(20)25(17)23(7,8)24/h9-14H,1-8H3. The normalized spacial score (nSPS) is 16.5. The van der Waals surface area contributed by atoms with Crippen LogP contribution in [0.4, 0.5) is 11.4 Å². The Labute approximate surface area is 183 Å². The van der Waals surface area contributed by atoms with Crippen LogP contribution in [0.3, 0.4) is 0 Å². The van der Waals surface area contributed by atoms with Crippen molar-refractivity contribution in [1.82, 2.24) is 0 Å². The lowest BCUT2D eigenvalue weighted by atomic mass is 9.86. The SMILES string of the molecule is CC(C)(C)c1ccc2c(c1)S(=O)(=O)c1cc(C(C)(C)C)ccc1N2C(C)(C)I. The van der Waals surface area contributed by atoms with E-state index in [1.807, 2.05) is 24.3 Å². The Morgan fingerprint density at radius 2 is 1.07 bits per heavy atom. The van der Waals surface area contributed by atoms with Crippen LogP contribution in [0.25, 0.3) is 0 Å². The number of nitrogens with zero attached hydrogens (tertiary/aromatic N) is 1. The molecule has 0 N–H and O–H groups in total. The smallest absolute Gasteiger partial charge is 0.210 e. The monoisotopic (exact) mass is 511 g/mol. The van der Waals surface area contributed by atoms with Gasteiger partial charge in [0.1, 0.15) is 0 Å². The Balaban J connectivity index is 2.39. The topological polar surface area (TPSA) is 37.4 Å². The van der Waals surface area contributed by atoms with Crippen molar-refractivity contribution in [2.75, 3.05) is 4.90 Å². The van der Waals surface area contributed by atoms with E-state index < -0.39 is 9.84 Å². The van der Waals surface area contributed by atoms with Crippen LogP contribution in [-0.4, -0.2) is 12.0 Å². The second-order valence-corrected chi connectivity index (χ2v) is 14.6. The molecule has 3 nitrogen and oxygen atoms in total. The molecule has 0 saturated carbocycles. The summed E-state index contributed by atoms with van der Waals surface area (Å²) in [5, 5.41) is 0. The highest BCUT2D eigenvalue weighted by Gasteiger charge is 2.40. The first-order valence-corrected chi connectivity index (χ1v) is 12.1. The van der Waals surface area contributed by atoms with Gasteiger partial charge in [-0.2, -0.15) is 0 Å². The molecule has 0 aliphatic carbocycles. The van der Waals surface area contributed by atoms with E-state index in [4.69, 9.17) is 0 Å². The Kier molecular flexibility index (Phi) is 4.99. The lowest BCUT2D eigenvalue weighted by molar-refractivity contribution is 0.576. The minimum atomic E-state index is -3.61. The highest BCUT2D eigenvalue weighted by molar-refractivity contribution is 14.1. The van der Waals surface area contributed by atoms with Crippen LogP contribution in [0.5, 0.6) is 0 Å². The third-order valence-electron chi connectivity index (χ3n) is 5.24. The summed E-state index contributed by atoms with van der Waals surface area (Å²) in [6, 6.07) is 11.8. The molecule has 0 spiro atoms. The Hall–Kier alpha value is -1.08. The zero-order chi connectivity index (χ0) is 21.3. The zero-order valence-electron chi connectivity index (χ0n) is 18.0. The average molecular weight is 511 g/mol. The molecule has 0 atom stereocenters. The summed E-state index contributed by atoms with van der Waals surface area (Å²) in [5.74, 6) is 0. The van der Waals surface area contributed by atoms with Crippen molar-refractivity contribution in [3.05, 3.63) is 47.5 Å². The summed E-state index contributed by atoms with van der Waals surface area (Å²) in [6.45, 7) is 16.9. The number of rotatable bonds is 1. The van der Waals surface area contributed by atoms with E-state index >= 15 is 0 Å². The van der Waals surface area contributed by atoms with E-state index in [1.165, 1.54) is 0 Å². The minimum absolute atomic E-state index is 0.122. The van der Waals surface area contributed by atoms with E-state index in [2.05, 4.69) is 95.0 Å². The van der Waals surface area contributed by atoms with Crippen LogP contribution in [0.15, 0.2) is 46.2 Å². The van der Waals surface area contributed by atoms with Gasteiger partial charge in [-0.15, -0.1) is 0 Å².